The van der Waals surface area contributed by atoms with Crippen LogP contribution in [0.1, 0.15) is 49.7 Å². The van der Waals surface area contributed by atoms with E-state index < -0.39 is 11.8 Å². The number of halogens is 3. The lowest BCUT2D eigenvalue weighted by Crippen LogP contribution is -2.47. The van der Waals surface area contributed by atoms with Gasteiger partial charge in [0, 0.05) is 31.7 Å². The SMILES string of the molecule is C=C1N(CCC)C(=O)c2c(nc(-c3cccnc3OCC3CC3(F)F)n2Cc2ccc(F)cc2)N1C(C)C. The fourth-order valence-corrected chi connectivity index (χ4v) is 4.75. The van der Waals surface area contributed by atoms with Gasteiger partial charge in [0.15, 0.2) is 11.5 Å². The molecule has 2 aromatic heterocycles. The van der Waals surface area contributed by atoms with Crippen molar-refractivity contribution in [1.82, 2.24) is 19.4 Å². The van der Waals surface area contributed by atoms with Gasteiger partial charge in [-0.05, 0) is 50.1 Å². The monoisotopic (exact) mass is 525 g/mol. The van der Waals surface area contributed by atoms with Crippen molar-refractivity contribution in [1.29, 1.82) is 0 Å². The molecule has 2 aliphatic rings. The van der Waals surface area contributed by atoms with Crippen LogP contribution in [0.2, 0.25) is 0 Å². The molecule has 38 heavy (non-hydrogen) atoms. The molecule has 10 heteroatoms. The van der Waals surface area contributed by atoms with E-state index in [0.717, 1.165) is 12.0 Å². The van der Waals surface area contributed by atoms with Gasteiger partial charge in [0.2, 0.25) is 5.88 Å². The van der Waals surface area contributed by atoms with Gasteiger partial charge < -0.3 is 14.2 Å². The molecule has 1 amide bonds. The molecular weight excluding hydrogens is 495 g/mol. The number of anilines is 1. The summed E-state index contributed by atoms with van der Waals surface area (Å²) < 4.78 is 48.2. The standard InChI is InChI=1S/C28H30F3N5O2/c1-5-13-34-18(4)36(17(2)3)25-23(27(34)37)35(15-19-8-10-21(29)11-9-19)24(33-25)22-7-6-12-32-26(22)38-16-20-14-28(20,30)31/h6-12,17,20H,4-5,13-16H2,1-3H3. The van der Waals surface area contributed by atoms with Crippen LogP contribution >= 0.6 is 0 Å². The van der Waals surface area contributed by atoms with E-state index in [0.29, 0.717) is 35.3 Å². The first kappa shape index (κ1) is 25.8. The van der Waals surface area contributed by atoms with Crippen LogP contribution in [0.5, 0.6) is 5.88 Å². The summed E-state index contributed by atoms with van der Waals surface area (Å²) in [6.45, 7) is 10.7. The average molecular weight is 526 g/mol. The van der Waals surface area contributed by atoms with E-state index in [-0.39, 0.29) is 43.2 Å². The third-order valence-corrected chi connectivity index (χ3v) is 6.82. The number of nitrogens with zero attached hydrogens (tertiary/aromatic N) is 5. The molecule has 3 heterocycles. The summed E-state index contributed by atoms with van der Waals surface area (Å²) in [4.78, 5) is 26.6. The number of fused-ring (bicyclic) bond motifs is 1. The molecule has 1 aromatic carbocycles. The van der Waals surface area contributed by atoms with Gasteiger partial charge in [0.1, 0.15) is 17.5 Å². The van der Waals surface area contributed by atoms with Crippen molar-refractivity contribution in [3.63, 3.8) is 0 Å². The molecule has 1 atom stereocenters. The molecular formula is C28H30F3N5O2. The van der Waals surface area contributed by atoms with E-state index in [1.165, 1.54) is 18.3 Å². The molecule has 0 radical (unpaired) electrons. The maximum absolute atomic E-state index is 13.9. The summed E-state index contributed by atoms with van der Waals surface area (Å²) in [6.07, 6.45) is 2.04. The molecule has 1 unspecified atom stereocenters. The van der Waals surface area contributed by atoms with Gasteiger partial charge in [0.05, 0.1) is 18.1 Å². The Bertz CT molecular complexity index is 1370. The van der Waals surface area contributed by atoms with Crippen molar-refractivity contribution < 1.29 is 22.7 Å². The Morgan fingerprint density at radius 3 is 2.55 bits per heavy atom. The Kier molecular flexibility index (Phi) is 6.66. The molecule has 200 valence electrons. The van der Waals surface area contributed by atoms with E-state index >= 15 is 0 Å². The van der Waals surface area contributed by atoms with Crippen molar-refractivity contribution in [2.45, 2.75) is 52.1 Å². The summed E-state index contributed by atoms with van der Waals surface area (Å²) in [7, 11) is 0. The lowest BCUT2D eigenvalue weighted by Gasteiger charge is -2.39. The average Bonchev–Trinajstić information content (AvgIpc) is 3.33. The highest BCUT2D eigenvalue weighted by atomic mass is 19.3. The summed E-state index contributed by atoms with van der Waals surface area (Å²) in [5.74, 6) is -2.64. The zero-order valence-corrected chi connectivity index (χ0v) is 21.6. The minimum atomic E-state index is -2.72. The number of carbonyl (C=O) groups excluding carboxylic acids is 1. The maximum atomic E-state index is 13.9. The number of benzene rings is 1. The molecule has 1 fully saturated rings. The van der Waals surface area contributed by atoms with Gasteiger partial charge in [0.25, 0.3) is 11.8 Å². The van der Waals surface area contributed by atoms with Gasteiger partial charge in [-0.25, -0.2) is 23.1 Å². The van der Waals surface area contributed by atoms with Gasteiger partial charge in [-0.2, -0.15) is 0 Å². The number of hydrogen-bond acceptors (Lipinski definition) is 5. The van der Waals surface area contributed by atoms with E-state index in [9.17, 15) is 18.0 Å². The number of ether oxygens (including phenoxy) is 1. The molecule has 1 saturated carbocycles. The molecule has 0 spiro atoms. The third-order valence-electron chi connectivity index (χ3n) is 6.82. The molecule has 0 N–H and O–H groups in total. The number of hydrogen-bond donors (Lipinski definition) is 0. The van der Waals surface area contributed by atoms with Crippen LogP contribution in [0.3, 0.4) is 0 Å². The zero-order valence-electron chi connectivity index (χ0n) is 21.6. The van der Waals surface area contributed by atoms with Crippen LogP contribution < -0.4 is 9.64 Å². The van der Waals surface area contributed by atoms with Crippen molar-refractivity contribution in [3.05, 3.63) is 72.1 Å². The normalized spacial score (nSPS) is 18.2. The minimum absolute atomic E-state index is 0.0579. The van der Waals surface area contributed by atoms with Gasteiger partial charge in [-0.1, -0.05) is 25.6 Å². The second kappa shape index (κ2) is 9.81. The van der Waals surface area contributed by atoms with Crippen LogP contribution in [0.25, 0.3) is 11.4 Å². The fourth-order valence-electron chi connectivity index (χ4n) is 4.75. The van der Waals surface area contributed by atoms with Gasteiger partial charge in [-0.3, -0.25) is 9.69 Å². The van der Waals surface area contributed by atoms with E-state index in [2.05, 4.69) is 11.6 Å². The molecule has 7 nitrogen and oxygen atoms in total. The van der Waals surface area contributed by atoms with Crippen molar-refractivity contribution >= 4 is 11.7 Å². The number of alkyl halides is 2. The highest BCUT2D eigenvalue weighted by molar-refractivity contribution is 6.02. The van der Waals surface area contributed by atoms with Crippen molar-refractivity contribution in [3.8, 4) is 17.3 Å². The Labute approximate surface area is 219 Å². The van der Waals surface area contributed by atoms with E-state index in [4.69, 9.17) is 9.72 Å². The molecule has 3 aromatic rings. The van der Waals surface area contributed by atoms with Crippen LogP contribution in [0, 0.1) is 11.7 Å². The first-order valence-electron chi connectivity index (χ1n) is 12.7. The van der Waals surface area contributed by atoms with Crippen LogP contribution in [0.4, 0.5) is 19.0 Å². The first-order chi connectivity index (χ1) is 18.1. The van der Waals surface area contributed by atoms with Crippen LogP contribution in [-0.2, 0) is 6.54 Å². The number of aromatic nitrogens is 3. The summed E-state index contributed by atoms with van der Waals surface area (Å²) in [5, 5.41) is 0. The Balaban J connectivity index is 1.66. The highest BCUT2D eigenvalue weighted by Crippen LogP contribution is 2.49. The quantitative estimate of drug-likeness (QED) is 0.358. The molecule has 1 aliphatic heterocycles. The number of rotatable bonds is 9. The topological polar surface area (TPSA) is 63.5 Å². The molecule has 0 saturated heterocycles. The largest absolute Gasteiger partial charge is 0.477 e. The lowest BCUT2D eigenvalue weighted by molar-refractivity contribution is 0.0779. The van der Waals surface area contributed by atoms with E-state index in [1.807, 2.05) is 25.7 Å². The molecule has 5 rings (SSSR count). The Hall–Kier alpha value is -3.82. The number of carbonyl (C=O) groups is 1. The van der Waals surface area contributed by atoms with Crippen molar-refractivity contribution in [2.24, 2.45) is 5.92 Å². The second-order valence-electron chi connectivity index (χ2n) is 9.99. The molecule has 1 aliphatic carbocycles. The van der Waals surface area contributed by atoms with Gasteiger partial charge >= 0.3 is 0 Å². The Morgan fingerprint density at radius 1 is 1.21 bits per heavy atom. The summed E-state index contributed by atoms with van der Waals surface area (Å²) >= 11 is 0. The van der Waals surface area contributed by atoms with Crippen LogP contribution in [-0.4, -0.2) is 50.5 Å². The smallest absolute Gasteiger partial charge is 0.279 e. The van der Waals surface area contributed by atoms with Gasteiger partial charge in [-0.15, -0.1) is 0 Å². The highest BCUT2D eigenvalue weighted by Gasteiger charge is 2.57. The third kappa shape index (κ3) is 4.63. The lowest BCUT2D eigenvalue weighted by atomic mass is 10.1. The predicted molar refractivity (Wildman–Crippen MR) is 138 cm³/mol. The minimum Gasteiger partial charge on any atom is -0.477 e. The molecule has 0 bridgehead atoms. The maximum Gasteiger partial charge on any atom is 0.279 e. The second-order valence-corrected chi connectivity index (χ2v) is 9.99. The summed E-state index contributed by atoms with van der Waals surface area (Å²) in [6, 6.07) is 9.41. The number of pyridine rings is 1. The number of amides is 1. The first-order valence-corrected chi connectivity index (χ1v) is 12.7. The number of imidazole rings is 1. The fraction of sp³-hybridized carbons (Fsp3) is 0.393. The summed E-state index contributed by atoms with van der Waals surface area (Å²) in [5.41, 5.74) is 1.59. The predicted octanol–water partition coefficient (Wildman–Crippen LogP) is 5.72. The Morgan fingerprint density at radius 2 is 1.92 bits per heavy atom. The van der Waals surface area contributed by atoms with E-state index in [1.54, 1.807) is 33.7 Å². The zero-order chi connectivity index (χ0) is 27.2. The van der Waals surface area contributed by atoms with Crippen LogP contribution in [0.15, 0.2) is 55.0 Å². The van der Waals surface area contributed by atoms with Crippen molar-refractivity contribution in [2.75, 3.05) is 18.1 Å².